The quantitative estimate of drug-likeness (QED) is 0.240. The van der Waals surface area contributed by atoms with E-state index < -0.39 is 0 Å². The molecule has 1 heterocycles. The second-order valence-corrected chi connectivity index (χ2v) is 6.01. The van der Waals surface area contributed by atoms with Crippen molar-refractivity contribution in [1.82, 2.24) is 4.57 Å². The van der Waals surface area contributed by atoms with Gasteiger partial charge < -0.3 is 10.3 Å². The maximum Gasteiger partial charge on any atom is 0.155 e. The highest BCUT2D eigenvalue weighted by Gasteiger charge is 2.13. The zero-order chi connectivity index (χ0) is 18.1. The fraction of sp³-hybridized carbons (Fsp3) is 0.0500. The number of nitrogens with zero attached hydrogens (tertiary/aromatic N) is 3. The molecule has 0 radical (unpaired) electrons. The molecule has 6 heteroatoms. The zero-order valence-corrected chi connectivity index (χ0v) is 13.9. The molecule has 4 rings (SSSR count). The van der Waals surface area contributed by atoms with E-state index in [0.717, 1.165) is 21.8 Å². The Kier molecular flexibility index (Phi) is 3.93. The number of para-hydroxylation sites is 1. The average Bonchev–Trinajstić information content (AvgIpc) is 2.97. The van der Waals surface area contributed by atoms with Crippen LogP contribution in [0, 0.1) is 11.3 Å². The third kappa shape index (κ3) is 2.61. The topological polar surface area (TPSA) is 79.5 Å². The first-order chi connectivity index (χ1) is 12.7. The number of nitrogens with one attached hydrogen (secondary N) is 1. The van der Waals surface area contributed by atoms with Crippen LogP contribution in [0.15, 0.2) is 77.1 Å². The van der Waals surface area contributed by atoms with Crippen molar-refractivity contribution in [1.29, 1.82) is 5.53 Å². The van der Waals surface area contributed by atoms with E-state index in [1.807, 2.05) is 48.5 Å². The summed E-state index contributed by atoms with van der Waals surface area (Å²) >= 11 is 0. The van der Waals surface area contributed by atoms with Crippen molar-refractivity contribution in [3.05, 3.63) is 83.7 Å². The molecule has 0 atom stereocenters. The van der Waals surface area contributed by atoms with Gasteiger partial charge in [-0.2, -0.15) is 5.53 Å². The standard InChI is InChI=1S/C20H16FN5/c21-17-7-3-1-5-14(17)12-26-18-8-4-2-6-15(18)16-11-13(9-10-19(16)26)20(22)24-25-23/h1-11H,12H2,(H3,22,23,24). The SMILES string of the molecule is N=NN=C(N)c1ccc2c(c1)c1ccccc1n2Cc1ccccc1F. The second kappa shape index (κ2) is 6.40. The molecule has 0 spiro atoms. The molecule has 0 aliphatic rings. The normalized spacial score (nSPS) is 12.0. The van der Waals surface area contributed by atoms with Crippen LogP contribution in [0.1, 0.15) is 11.1 Å². The van der Waals surface area contributed by atoms with Crippen LogP contribution in [-0.2, 0) is 6.54 Å². The van der Waals surface area contributed by atoms with Crippen LogP contribution in [-0.4, -0.2) is 10.4 Å². The molecule has 26 heavy (non-hydrogen) atoms. The van der Waals surface area contributed by atoms with Crippen LogP contribution in [0.2, 0.25) is 0 Å². The molecule has 128 valence electrons. The Morgan fingerprint density at radius 2 is 1.69 bits per heavy atom. The molecule has 3 N–H and O–H groups in total. The highest BCUT2D eigenvalue weighted by Crippen LogP contribution is 2.30. The number of halogens is 1. The molecular weight excluding hydrogens is 329 g/mol. The van der Waals surface area contributed by atoms with Crippen LogP contribution < -0.4 is 5.73 Å². The molecule has 0 saturated carbocycles. The van der Waals surface area contributed by atoms with Crippen LogP contribution >= 0.6 is 0 Å². The number of aromatic nitrogens is 1. The molecule has 0 bridgehead atoms. The number of fused-ring (bicyclic) bond motifs is 3. The van der Waals surface area contributed by atoms with Gasteiger partial charge in [-0.05, 0) is 30.3 Å². The fourth-order valence-corrected chi connectivity index (χ4v) is 3.29. The Hall–Kier alpha value is -3.54. The third-order valence-electron chi connectivity index (χ3n) is 4.51. The predicted octanol–water partition coefficient (Wildman–Crippen LogP) is 4.63. The van der Waals surface area contributed by atoms with E-state index in [-0.39, 0.29) is 11.7 Å². The third-order valence-corrected chi connectivity index (χ3v) is 4.51. The average molecular weight is 345 g/mol. The molecule has 0 amide bonds. The summed E-state index contributed by atoms with van der Waals surface area (Å²) < 4.78 is 16.3. The number of hydrogen-bond acceptors (Lipinski definition) is 2. The van der Waals surface area contributed by atoms with Crippen LogP contribution in [0.25, 0.3) is 21.8 Å². The van der Waals surface area contributed by atoms with E-state index in [4.69, 9.17) is 11.3 Å². The predicted molar refractivity (Wildman–Crippen MR) is 101 cm³/mol. The smallest absolute Gasteiger partial charge is 0.155 e. The van der Waals surface area contributed by atoms with Gasteiger partial charge in [0.05, 0.1) is 6.54 Å². The van der Waals surface area contributed by atoms with E-state index in [1.165, 1.54) is 6.07 Å². The molecule has 0 aliphatic heterocycles. The zero-order valence-electron chi connectivity index (χ0n) is 13.9. The number of hydrogen-bond donors (Lipinski definition) is 2. The maximum absolute atomic E-state index is 14.2. The van der Waals surface area contributed by atoms with Crippen molar-refractivity contribution in [3.8, 4) is 0 Å². The van der Waals surface area contributed by atoms with E-state index >= 15 is 0 Å². The first kappa shape index (κ1) is 16.0. The summed E-state index contributed by atoms with van der Waals surface area (Å²) in [5.41, 5.74) is 16.0. The Labute approximate surface area is 149 Å². The van der Waals surface area contributed by atoms with Gasteiger partial charge in [0.15, 0.2) is 5.84 Å². The van der Waals surface area contributed by atoms with Gasteiger partial charge in [-0.25, -0.2) is 4.39 Å². The van der Waals surface area contributed by atoms with Crippen molar-refractivity contribution in [2.24, 2.45) is 16.1 Å². The molecular formula is C20H16FN5. The van der Waals surface area contributed by atoms with Gasteiger partial charge in [0.1, 0.15) is 5.82 Å². The van der Waals surface area contributed by atoms with E-state index in [2.05, 4.69) is 14.9 Å². The molecule has 4 aromatic rings. The van der Waals surface area contributed by atoms with Crippen molar-refractivity contribution in [2.45, 2.75) is 6.54 Å². The van der Waals surface area contributed by atoms with Gasteiger partial charge in [0, 0.05) is 32.9 Å². The van der Waals surface area contributed by atoms with Gasteiger partial charge in [-0.15, -0.1) is 5.10 Å². The lowest BCUT2D eigenvalue weighted by molar-refractivity contribution is 0.604. The number of nitrogens with two attached hydrogens (primary N) is 1. The number of benzene rings is 3. The molecule has 0 aliphatic carbocycles. The first-order valence-electron chi connectivity index (χ1n) is 8.13. The van der Waals surface area contributed by atoms with Crippen LogP contribution in [0.3, 0.4) is 0 Å². The molecule has 0 unspecified atom stereocenters. The lowest BCUT2D eigenvalue weighted by Gasteiger charge is -2.09. The minimum Gasteiger partial charge on any atom is -0.382 e. The summed E-state index contributed by atoms with van der Waals surface area (Å²) in [4.78, 5) is 0. The van der Waals surface area contributed by atoms with Crippen LogP contribution in [0.5, 0.6) is 0 Å². The summed E-state index contributed by atoms with van der Waals surface area (Å²) in [5.74, 6) is -0.0312. The Morgan fingerprint density at radius 3 is 2.50 bits per heavy atom. The summed E-state index contributed by atoms with van der Waals surface area (Å²) in [7, 11) is 0. The minimum absolute atomic E-state index is 0.188. The van der Waals surface area contributed by atoms with Crippen molar-refractivity contribution in [2.75, 3.05) is 0 Å². The highest BCUT2D eigenvalue weighted by atomic mass is 19.1. The summed E-state index contributed by atoms with van der Waals surface area (Å²) in [6, 6.07) is 20.5. The first-order valence-corrected chi connectivity index (χ1v) is 8.13. The maximum atomic E-state index is 14.2. The summed E-state index contributed by atoms with van der Waals surface area (Å²) in [5, 5.41) is 8.64. The van der Waals surface area contributed by atoms with Gasteiger partial charge in [-0.1, -0.05) is 41.6 Å². The van der Waals surface area contributed by atoms with Gasteiger partial charge in [-0.3, -0.25) is 0 Å². The fourth-order valence-electron chi connectivity index (χ4n) is 3.29. The van der Waals surface area contributed by atoms with E-state index in [0.29, 0.717) is 17.7 Å². The summed E-state index contributed by atoms with van der Waals surface area (Å²) in [6.45, 7) is 0.432. The highest BCUT2D eigenvalue weighted by molar-refractivity contribution is 6.11. The summed E-state index contributed by atoms with van der Waals surface area (Å²) in [6.07, 6.45) is 0. The Balaban J connectivity index is 1.96. The lowest BCUT2D eigenvalue weighted by atomic mass is 10.1. The number of amidine groups is 1. The van der Waals surface area contributed by atoms with Crippen molar-refractivity contribution < 1.29 is 4.39 Å². The Morgan fingerprint density at radius 1 is 0.962 bits per heavy atom. The Bertz CT molecular complexity index is 1160. The van der Waals surface area contributed by atoms with Gasteiger partial charge >= 0.3 is 0 Å². The monoisotopic (exact) mass is 345 g/mol. The largest absolute Gasteiger partial charge is 0.382 e. The van der Waals surface area contributed by atoms with Gasteiger partial charge in [0.25, 0.3) is 0 Å². The van der Waals surface area contributed by atoms with Crippen molar-refractivity contribution >= 4 is 27.6 Å². The van der Waals surface area contributed by atoms with Crippen LogP contribution in [0.4, 0.5) is 4.39 Å². The lowest BCUT2D eigenvalue weighted by Crippen LogP contribution is -2.12. The molecule has 0 fully saturated rings. The molecule has 5 nitrogen and oxygen atoms in total. The van der Waals surface area contributed by atoms with E-state index in [9.17, 15) is 4.39 Å². The molecule has 1 aromatic heterocycles. The number of rotatable bonds is 4. The van der Waals surface area contributed by atoms with E-state index in [1.54, 1.807) is 12.1 Å². The molecule has 3 aromatic carbocycles. The second-order valence-electron chi connectivity index (χ2n) is 6.01. The van der Waals surface area contributed by atoms with Crippen molar-refractivity contribution in [3.63, 3.8) is 0 Å². The van der Waals surface area contributed by atoms with Gasteiger partial charge in [0.2, 0.25) is 0 Å². The minimum atomic E-state index is -0.219. The molecule has 0 saturated heterocycles.